The predicted molar refractivity (Wildman–Crippen MR) is 67.7 cm³/mol. The summed E-state index contributed by atoms with van der Waals surface area (Å²) < 4.78 is 7.00. The second-order valence-electron chi connectivity index (χ2n) is 3.92. The monoisotopic (exact) mass is 261 g/mol. The number of rotatable bonds is 3. The van der Waals surface area contributed by atoms with Gasteiger partial charge in [-0.3, -0.25) is 9.20 Å². The Kier molecular flexibility index (Phi) is 2.64. The molecule has 0 spiro atoms. The minimum atomic E-state index is -0.194. The summed E-state index contributed by atoms with van der Waals surface area (Å²) in [6, 6.07) is 3.60. The van der Waals surface area contributed by atoms with E-state index in [9.17, 15) is 4.79 Å². The third-order valence-corrected chi connectivity index (χ3v) is 3.42. The minimum absolute atomic E-state index is 0.194. The van der Waals surface area contributed by atoms with E-state index < -0.39 is 0 Å². The molecule has 3 heterocycles. The third kappa shape index (κ3) is 2.02. The van der Waals surface area contributed by atoms with Gasteiger partial charge in [-0.15, -0.1) is 11.3 Å². The molecule has 0 atom stereocenters. The van der Waals surface area contributed by atoms with Crippen LogP contribution >= 0.6 is 11.3 Å². The zero-order chi connectivity index (χ0) is 12.5. The Labute approximate surface area is 107 Å². The average Bonchev–Trinajstić information content (AvgIpc) is 3.00. The Hall–Kier alpha value is -2.08. The van der Waals surface area contributed by atoms with Crippen LogP contribution in [0.15, 0.2) is 35.2 Å². The molecular formula is C12H11N3O2S. The van der Waals surface area contributed by atoms with Crippen LogP contribution < -0.4 is 5.32 Å². The number of nitrogens with zero attached hydrogens (tertiary/aromatic N) is 2. The van der Waals surface area contributed by atoms with Gasteiger partial charge in [0.25, 0.3) is 5.91 Å². The van der Waals surface area contributed by atoms with Crippen molar-refractivity contribution in [1.82, 2.24) is 14.7 Å². The highest BCUT2D eigenvalue weighted by atomic mass is 32.1. The quantitative estimate of drug-likeness (QED) is 0.786. The summed E-state index contributed by atoms with van der Waals surface area (Å²) in [6.07, 6.45) is 5.27. The first-order valence-electron chi connectivity index (χ1n) is 5.48. The Morgan fingerprint density at radius 3 is 3.17 bits per heavy atom. The van der Waals surface area contributed by atoms with Gasteiger partial charge in [0.1, 0.15) is 11.5 Å². The van der Waals surface area contributed by atoms with E-state index in [4.69, 9.17) is 4.42 Å². The van der Waals surface area contributed by atoms with Gasteiger partial charge >= 0.3 is 0 Å². The summed E-state index contributed by atoms with van der Waals surface area (Å²) >= 11 is 1.56. The molecule has 0 bridgehead atoms. The van der Waals surface area contributed by atoms with Crippen LogP contribution in [0.25, 0.3) is 4.96 Å². The SMILES string of the molecule is Cc1cn2cc(C(=O)NCc3ccco3)nc2s1. The first kappa shape index (κ1) is 11.0. The number of carbonyl (C=O) groups is 1. The van der Waals surface area contributed by atoms with Crippen LogP contribution in [0.1, 0.15) is 21.1 Å². The molecule has 0 radical (unpaired) electrons. The Morgan fingerprint density at radius 2 is 2.44 bits per heavy atom. The molecule has 1 N–H and O–H groups in total. The number of aryl methyl sites for hydroxylation is 1. The van der Waals surface area contributed by atoms with Gasteiger partial charge < -0.3 is 9.73 Å². The largest absolute Gasteiger partial charge is 0.467 e. The molecule has 18 heavy (non-hydrogen) atoms. The van der Waals surface area contributed by atoms with Crippen molar-refractivity contribution in [3.8, 4) is 0 Å². The summed E-state index contributed by atoms with van der Waals surface area (Å²) in [5.41, 5.74) is 0.424. The fraction of sp³-hybridized carbons (Fsp3) is 0.167. The van der Waals surface area contributed by atoms with Crippen LogP contribution in [0.4, 0.5) is 0 Å². The normalized spacial score (nSPS) is 10.9. The number of thiazole rings is 1. The number of aromatic nitrogens is 2. The van der Waals surface area contributed by atoms with E-state index in [-0.39, 0.29) is 5.91 Å². The fourth-order valence-electron chi connectivity index (χ4n) is 1.69. The third-order valence-electron chi connectivity index (χ3n) is 2.51. The lowest BCUT2D eigenvalue weighted by Gasteiger charge is -1.99. The Bertz CT molecular complexity index is 650. The molecule has 6 heteroatoms. The molecule has 5 nitrogen and oxygen atoms in total. The second kappa shape index (κ2) is 4.30. The summed E-state index contributed by atoms with van der Waals surface area (Å²) in [5.74, 6) is 0.528. The van der Waals surface area contributed by atoms with Crippen LogP contribution in [0, 0.1) is 6.92 Å². The van der Waals surface area contributed by atoms with Crippen molar-refractivity contribution in [2.75, 3.05) is 0 Å². The first-order chi connectivity index (χ1) is 8.72. The number of amides is 1. The molecule has 0 aliphatic rings. The molecule has 0 saturated carbocycles. The number of fused-ring (bicyclic) bond motifs is 1. The van der Waals surface area contributed by atoms with Crippen molar-refractivity contribution in [1.29, 1.82) is 0 Å². The smallest absolute Gasteiger partial charge is 0.271 e. The van der Waals surface area contributed by atoms with Crippen LogP contribution in [-0.2, 0) is 6.54 Å². The molecule has 3 aromatic heterocycles. The lowest BCUT2D eigenvalue weighted by Crippen LogP contribution is -2.22. The second-order valence-corrected chi connectivity index (χ2v) is 5.13. The number of nitrogens with one attached hydrogen (secondary N) is 1. The van der Waals surface area contributed by atoms with E-state index in [2.05, 4.69) is 10.3 Å². The van der Waals surface area contributed by atoms with Crippen molar-refractivity contribution in [3.05, 3.63) is 47.1 Å². The number of carbonyl (C=O) groups excluding carboxylic acids is 1. The highest BCUT2D eigenvalue weighted by Gasteiger charge is 2.12. The number of hydrogen-bond acceptors (Lipinski definition) is 4. The molecule has 1 amide bonds. The van der Waals surface area contributed by atoms with Crippen molar-refractivity contribution in [2.45, 2.75) is 13.5 Å². The van der Waals surface area contributed by atoms with Gasteiger partial charge in [0.2, 0.25) is 0 Å². The molecule has 0 saturated heterocycles. The molecule has 0 fully saturated rings. The Balaban J connectivity index is 1.73. The topological polar surface area (TPSA) is 59.5 Å². The van der Waals surface area contributed by atoms with Crippen LogP contribution in [0.3, 0.4) is 0 Å². The first-order valence-corrected chi connectivity index (χ1v) is 6.30. The highest BCUT2D eigenvalue weighted by molar-refractivity contribution is 7.17. The summed E-state index contributed by atoms with van der Waals surface area (Å²) in [4.78, 5) is 18.1. The van der Waals surface area contributed by atoms with Crippen molar-refractivity contribution < 1.29 is 9.21 Å². The van der Waals surface area contributed by atoms with E-state index in [1.807, 2.05) is 23.6 Å². The van der Waals surface area contributed by atoms with E-state index in [0.717, 1.165) is 10.7 Å². The zero-order valence-electron chi connectivity index (χ0n) is 9.71. The van der Waals surface area contributed by atoms with Crippen molar-refractivity contribution >= 4 is 22.2 Å². The van der Waals surface area contributed by atoms with Gasteiger partial charge in [-0.1, -0.05) is 0 Å². The lowest BCUT2D eigenvalue weighted by molar-refractivity contribution is 0.0943. The van der Waals surface area contributed by atoms with Gasteiger partial charge in [0.05, 0.1) is 12.8 Å². The van der Waals surface area contributed by atoms with Crippen molar-refractivity contribution in [3.63, 3.8) is 0 Å². The number of imidazole rings is 1. The summed E-state index contributed by atoms with van der Waals surface area (Å²) in [5, 5.41) is 2.76. The van der Waals surface area contributed by atoms with E-state index in [1.165, 1.54) is 4.88 Å². The van der Waals surface area contributed by atoms with Gasteiger partial charge in [-0.25, -0.2) is 4.98 Å². The standard InChI is InChI=1S/C12H11N3O2S/c1-8-6-15-7-10(14-12(15)18-8)11(16)13-5-9-3-2-4-17-9/h2-4,6-7H,5H2,1H3,(H,13,16). The summed E-state index contributed by atoms with van der Waals surface area (Å²) in [6.45, 7) is 2.38. The van der Waals surface area contributed by atoms with Gasteiger partial charge in [0.15, 0.2) is 4.96 Å². The predicted octanol–water partition coefficient (Wildman–Crippen LogP) is 2.23. The maximum absolute atomic E-state index is 11.9. The van der Waals surface area contributed by atoms with Crippen LogP contribution in [-0.4, -0.2) is 15.3 Å². The van der Waals surface area contributed by atoms with Crippen LogP contribution in [0.5, 0.6) is 0 Å². The van der Waals surface area contributed by atoms with Gasteiger partial charge in [-0.05, 0) is 19.1 Å². The molecule has 0 unspecified atom stereocenters. The molecule has 3 aromatic rings. The maximum Gasteiger partial charge on any atom is 0.271 e. The molecular weight excluding hydrogens is 250 g/mol. The van der Waals surface area contributed by atoms with Gasteiger partial charge in [0, 0.05) is 17.3 Å². The molecule has 0 aromatic carbocycles. The van der Waals surface area contributed by atoms with E-state index in [0.29, 0.717) is 12.2 Å². The van der Waals surface area contributed by atoms with E-state index >= 15 is 0 Å². The number of hydrogen-bond donors (Lipinski definition) is 1. The van der Waals surface area contributed by atoms with Gasteiger partial charge in [-0.2, -0.15) is 0 Å². The molecule has 92 valence electrons. The number of furan rings is 1. The summed E-state index contributed by atoms with van der Waals surface area (Å²) in [7, 11) is 0. The fourth-order valence-corrected chi connectivity index (χ4v) is 2.50. The minimum Gasteiger partial charge on any atom is -0.467 e. The average molecular weight is 261 g/mol. The van der Waals surface area contributed by atoms with E-state index in [1.54, 1.807) is 29.9 Å². The Morgan fingerprint density at radius 1 is 1.56 bits per heavy atom. The maximum atomic E-state index is 11.9. The highest BCUT2D eigenvalue weighted by Crippen LogP contribution is 2.16. The van der Waals surface area contributed by atoms with Crippen molar-refractivity contribution in [2.24, 2.45) is 0 Å². The lowest BCUT2D eigenvalue weighted by atomic mass is 10.4. The van der Waals surface area contributed by atoms with Crippen LogP contribution in [0.2, 0.25) is 0 Å². The molecule has 0 aliphatic heterocycles. The molecule has 0 aliphatic carbocycles. The zero-order valence-corrected chi connectivity index (χ0v) is 10.5. The molecule has 3 rings (SSSR count).